The fourth-order valence-corrected chi connectivity index (χ4v) is 4.03. The molecule has 0 spiro atoms. The molecular formula is C21H26N4O2. The molecule has 142 valence electrons. The topological polar surface area (TPSA) is 58.4 Å². The van der Waals surface area contributed by atoms with Crippen molar-refractivity contribution in [1.82, 2.24) is 19.4 Å². The highest BCUT2D eigenvalue weighted by atomic mass is 16.2. The van der Waals surface area contributed by atoms with Crippen molar-refractivity contribution in [3.05, 3.63) is 53.1 Å². The van der Waals surface area contributed by atoms with E-state index in [1.807, 2.05) is 11.0 Å². The summed E-state index contributed by atoms with van der Waals surface area (Å²) in [6.45, 7) is 7.32. The van der Waals surface area contributed by atoms with Gasteiger partial charge >= 0.3 is 0 Å². The number of carbonyl (C=O) groups is 2. The molecule has 1 saturated carbocycles. The third-order valence-corrected chi connectivity index (χ3v) is 5.65. The lowest BCUT2D eigenvalue weighted by molar-refractivity contribution is 0.0624. The van der Waals surface area contributed by atoms with Crippen LogP contribution in [0.1, 0.15) is 51.0 Å². The monoisotopic (exact) mass is 366 g/mol. The molecule has 0 aromatic carbocycles. The number of piperazine rings is 1. The van der Waals surface area contributed by atoms with Crippen molar-refractivity contribution < 1.29 is 9.59 Å². The van der Waals surface area contributed by atoms with E-state index < -0.39 is 0 Å². The summed E-state index contributed by atoms with van der Waals surface area (Å²) in [4.78, 5) is 33.3. The van der Waals surface area contributed by atoms with E-state index in [0.717, 1.165) is 24.3 Å². The van der Waals surface area contributed by atoms with E-state index in [1.165, 1.54) is 18.5 Å². The minimum absolute atomic E-state index is 0.0383. The van der Waals surface area contributed by atoms with Crippen LogP contribution in [0.2, 0.25) is 0 Å². The number of amides is 1. The molecule has 2 aliphatic rings. The van der Waals surface area contributed by atoms with Crippen LogP contribution in [0, 0.1) is 13.8 Å². The van der Waals surface area contributed by atoms with E-state index in [4.69, 9.17) is 0 Å². The highest BCUT2D eigenvalue weighted by molar-refractivity contribution is 5.99. The maximum atomic E-state index is 12.8. The van der Waals surface area contributed by atoms with Crippen LogP contribution >= 0.6 is 0 Å². The molecule has 1 aliphatic heterocycles. The predicted octanol–water partition coefficient (Wildman–Crippen LogP) is 2.48. The molecule has 6 heteroatoms. The van der Waals surface area contributed by atoms with Gasteiger partial charge < -0.3 is 9.47 Å². The summed E-state index contributed by atoms with van der Waals surface area (Å²) in [7, 11) is 0. The zero-order valence-electron chi connectivity index (χ0n) is 16.0. The van der Waals surface area contributed by atoms with E-state index in [0.29, 0.717) is 31.2 Å². The van der Waals surface area contributed by atoms with Crippen LogP contribution in [0.3, 0.4) is 0 Å². The smallest absolute Gasteiger partial charge is 0.254 e. The van der Waals surface area contributed by atoms with Crippen molar-refractivity contribution in [2.24, 2.45) is 0 Å². The number of aromatic nitrogens is 2. The normalized spacial score (nSPS) is 17.9. The Morgan fingerprint density at radius 2 is 1.74 bits per heavy atom. The van der Waals surface area contributed by atoms with Crippen LogP contribution < -0.4 is 0 Å². The van der Waals surface area contributed by atoms with Crippen LogP contribution in [-0.2, 0) is 0 Å². The molecule has 3 heterocycles. The molecule has 0 bridgehead atoms. The molecular weight excluding hydrogens is 340 g/mol. The summed E-state index contributed by atoms with van der Waals surface area (Å²) in [5.74, 6) is 0.222. The van der Waals surface area contributed by atoms with Crippen LogP contribution in [0.25, 0.3) is 0 Å². The van der Waals surface area contributed by atoms with Crippen molar-refractivity contribution in [3.63, 3.8) is 0 Å². The molecule has 1 saturated heterocycles. The molecule has 27 heavy (non-hydrogen) atoms. The standard InChI is InChI=1S/C21H26N4O2/c1-15-13-19(16(2)25(15)18-3-4-18)20(26)14-23-9-11-24(12-10-23)21(27)17-5-7-22-8-6-17/h5-8,13,18H,3-4,9-12,14H2,1-2H3. The minimum atomic E-state index is 0.0383. The van der Waals surface area contributed by atoms with Crippen LogP contribution in [-0.4, -0.2) is 63.8 Å². The number of Topliss-reactive ketones (excluding diaryl/α,β-unsaturated/α-hetero) is 1. The Morgan fingerprint density at radius 1 is 1.07 bits per heavy atom. The number of ketones is 1. The van der Waals surface area contributed by atoms with Gasteiger partial charge in [-0.1, -0.05) is 0 Å². The van der Waals surface area contributed by atoms with E-state index in [-0.39, 0.29) is 11.7 Å². The summed E-state index contributed by atoms with van der Waals surface area (Å²) in [6.07, 6.45) is 5.72. The summed E-state index contributed by atoms with van der Waals surface area (Å²) in [5.41, 5.74) is 3.81. The highest BCUT2D eigenvalue weighted by Gasteiger charge is 2.29. The number of pyridine rings is 1. The van der Waals surface area contributed by atoms with Crippen molar-refractivity contribution in [3.8, 4) is 0 Å². The Labute approximate surface area is 159 Å². The van der Waals surface area contributed by atoms with Gasteiger partial charge in [0.15, 0.2) is 5.78 Å². The van der Waals surface area contributed by atoms with Gasteiger partial charge in [-0.15, -0.1) is 0 Å². The number of hydrogen-bond donors (Lipinski definition) is 0. The second kappa shape index (κ2) is 7.27. The highest BCUT2D eigenvalue weighted by Crippen LogP contribution is 2.38. The van der Waals surface area contributed by atoms with Crippen molar-refractivity contribution in [1.29, 1.82) is 0 Å². The molecule has 0 atom stereocenters. The number of rotatable bonds is 5. The SMILES string of the molecule is Cc1cc(C(=O)CN2CCN(C(=O)c3ccncc3)CC2)c(C)n1C1CC1. The molecule has 6 nitrogen and oxygen atoms in total. The van der Waals surface area contributed by atoms with Gasteiger partial charge in [0, 0.05) is 67.1 Å². The molecule has 2 fully saturated rings. The number of carbonyl (C=O) groups excluding carboxylic acids is 2. The second-order valence-electron chi connectivity index (χ2n) is 7.61. The molecule has 2 aromatic heterocycles. The van der Waals surface area contributed by atoms with Gasteiger partial charge in [-0.25, -0.2) is 0 Å². The number of nitrogens with zero attached hydrogens (tertiary/aromatic N) is 4. The lowest BCUT2D eigenvalue weighted by Gasteiger charge is -2.34. The van der Waals surface area contributed by atoms with E-state index >= 15 is 0 Å². The quantitative estimate of drug-likeness (QED) is 0.763. The maximum Gasteiger partial charge on any atom is 0.254 e. The molecule has 1 aliphatic carbocycles. The van der Waals surface area contributed by atoms with Gasteiger partial charge in [-0.05, 0) is 44.9 Å². The Hall–Kier alpha value is -2.47. The van der Waals surface area contributed by atoms with Crippen molar-refractivity contribution >= 4 is 11.7 Å². The first-order chi connectivity index (χ1) is 13.0. The van der Waals surface area contributed by atoms with Gasteiger partial charge in [0.25, 0.3) is 5.91 Å². The van der Waals surface area contributed by atoms with Gasteiger partial charge in [-0.2, -0.15) is 0 Å². The average Bonchev–Trinajstić information content (AvgIpc) is 3.47. The first kappa shape index (κ1) is 17.9. The zero-order chi connectivity index (χ0) is 19.0. The lowest BCUT2D eigenvalue weighted by atomic mass is 10.1. The van der Waals surface area contributed by atoms with Crippen LogP contribution in [0.5, 0.6) is 0 Å². The average molecular weight is 366 g/mol. The number of hydrogen-bond acceptors (Lipinski definition) is 4. The number of aryl methyl sites for hydroxylation is 1. The van der Waals surface area contributed by atoms with Crippen molar-refractivity contribution in [2.75, 3.05) is 32.7 Å². The van der Waals surface area contributed by atoms with Gasteiger partial charge in [-0.3, -0.25) is 19.5 Å². The van der Waals surface area contributed by atoms with Crippen molar-refractivity contribution in [2.45, 2.75) is 32.7 Å². The van der Waals surface area contributed by atoms with E-state index in [1.54, 1.807) is 24.5 Å². The first-order valence-electron chi connectivity index (χ1n) is 9.68. The van der Waals surface area contributed by atoms with E-state index in [2.05, 4.69) is 28.3 Å². The predicted molar refractivity (Wildman–Crippen MR) is 103 cm³/mol. The summed E-state index contributed by atoms with van der Waals surface area (Å²) in [6, 6.07) is 6.12. The summed E-state index contributed by atoms with van der Waals surface area (Å²) < 4.78 is 2.32. The van der Waals surface area contributed by atoms with Gasteiger partial charge in [0.2, 0.25) is 0 Å². The van der Waals surface area contributed by atoms with E-state index in [9.17, 15) is 9.59 Å². The maximum absolute atomic E-state index is 12.8. The largest absolute Gasteiger partial charge is 0.345 e. The first-order valence-corrected chi connectivity index (χ1v) is 9.68. The Kier molecular flexibility index (Phi) is 4.83. The van der Waals surface area contributed by atoms with Crippen LogP contribution in [0.4, 0.5) is 0 Å². The minimum Gasteiger partial charge on any atom is -0.345 e. The molecule has 1 amide bonds. The second-order valence-corrected chi connectivity index (χ2v) is 7.61. The molecule has 2 aromatic rings. The third kappa shape index (κ3) is 3.67. The van der Waals surface area contributed by atoms with Gasteiger partial charge in [0.1, 0.15) is 0 Å². The Morgan fingerprint density at radius 3 is 2.37 bits per heavy atom. The Bertz CT molecular complexity index is 847. The fraction of sp³-hybridized carbons (Fsp3) is 0.476. The molecule has 4 rings (SSSR count). The Balaban J connectivity index is 1.35. The van der Waals surface area contributed by atoms with Gasteiger partial charge in [0.05, 0.1) is 6.54 Å². The summed E-state index contributed by atoms with van der Waals surface area (Å²) >= 11 is 0. The lowest BCUT2D eigenvalue weighted by Crippen LogP contribution is -2.49. The zero-order valence-corrected chi connectivity index (χ0v) is 16.0. The fourth-order valence-electron chi connectivity index (χ4n) is 4.03. The van der Waals surface area contributed by atoms with Crippen LogP contribution in [0.15, 0.2) is 30.6 Å². The molecule has 0 radical (unpaired) electrons. The third-order valence-electron chi connectivity index (χ3n) is 5.65. The molecule has 0 unspecified atom stereocenters. The summed E-state index contributed by atoms with van der Waals surface area (Å²) in [5, 5.41) is 0. The molecule has 0 N–H and O–H groups in total.